The molecule has 0 amide bonds. The van der Waals surface area contributed by atoms with Crippen molar-refractivity contribution in [2.75, 3.05) is 12.4 Å². The zero-order chi connectivity index (χ0) is 15.2. The Morgan fingerprint density at radius 1 is 1.29 bits per heavy atom. The van der Waals surface area contributed by atoms with E-state index in [4.69, 9.17) is 10.3 Å². The molecule has 0 aromatic heterocycles. The van der Waals surface area contributed by atoms with Crippen molar-refractivity contribution in [1.29, 1.82) is 0 Å². The number of hydrogen-bond donors (Lipinski definition) is 2. The van der Waals surface area contributed by atoms with Crippen LogP contribution in [0.1, 0.15) is 10.4 Å². The van der Waals surface area contributed by atoms with E-state index in [1.807, 2.05) is 0 Å². The van der Waals surface area contributed by atoms with Gasteiger partial charge in [0.05, 0.1) is 18.4 Å². The Morgan fingerprint density at radius 3 is 2.57 bits per heavy atom. The molecule has 7 nitrogen and oxygen atoms in total. The molecule has 0 atom stereocenters. The quantitative estimate of drug-likeness (QED) is 0.490. The van der Waals surface area contributed by atoms with Gasteiger partial charge in [-0.2, -0.15) is 0 Å². The van der Waals surface area contributed by atoms with Crippen molar-refractivity contribution in [3.8, 4) is 5.75 Å². The molecular weight excluding hydrogens is 272 g/mol. The largest absolute Gasteiger partial charge is 0.497 e. The van der Waals surface area contributed by atoms with Gasteiger partial charge in [-0.05, 0) is 41.9 Å². The number of carboxylic acid groups (broad SMARTS) is 1. The summed E-state index contributed by atoms with van der Waals surface area (Å²) >= 11 is 0. The molecule has 2 N–H and O–H groups in total. The number of nitrogens with one attached hydrogen (secondary N) is 1. The highest BCUT2D eigenvalue weighted by molar-refractivity contribution is 5.96. The van der Waals surface area contributed by atoms with E-state index in [1.54, 1.807) is 37.4 Å². The van der Waals surface area contributed by atoms with Crippen LogP contribution in [0.2, 0.25) is 0 Å². The van der Waals surface area contributed by atoms with E-state index in [0.29, 0.717) is 11.4 Å². The summed E-state index contributed by atoms with van der Waals surface area (Å²) < 4.78 is 5.06. The molecule has 0 radical (unpaired) electrons. The summed E-state index contributed by atoms with van der Waals surface area (Å²) in [6.45, 7) is 0. The molecule has 0 saturated carbocycles. The molecule has 106 valence electrons. The van der Waals surface area contributed by atoms with E-state index in [2.05, 4.69) is 15.3 Å². The first-order valence-corrected chi connectivity index (χ1v) is 5.97. The van der Waals surface area contributed by atoms with Gasteiger partial charge in [-0.1, -0.05) is 11.2 Å². The van der Waals surface area contributed by atoms with Gasteiger partial charge in [-0.25, -0.2) is 4.79 Å². The molecule has 0 aliphatic rings. The molecule has 21 heavy (non-hydrogen) atoms. The highest BCUT2D eigenvalue weighted by Gasteiger charge is 2.11. The van der Waals surface area contributed by atoms with Crippen LogP contribution in [0, 0.1) is 0 Å². The molecule has 2 rings (SSSR count). The van der Waals surface area contributed by atoms with Gasteiger partial charge in [-0.15, -0.1) is 0 Å². The summed E-state index contributed by atoms with van der Waals surface area (Å²) in [5.74, 6) is -0.404. The van der Waals surface area contributed by atoms with Crippen molar-refractivity contribution in [3.63, 3.8) is 0 Å². The van der Waals surface area contributed by atoms with Gasteiger partial charge in [0.25, 0.3) is 0 Å². The zero-order valence-electron chi connectivity index (χ0n) is 11.1. The average molecular weight is 284 g/mol. The van der Waals surface area contributed by atoms with Gasteiger partial charge in [0.2, 0.25) is 0 Å². The van der Waals surface area contributed by atoms with Crippen LogP contribution in [0.4, 0.5) is 17.1 Å². The maximum absolute atomic E-state index is 11.3. The minimum absolute atomic E-state index is 0.0238. The Hall–Kier alpha value is -3.18. The summed E-state index contributed by atoms with van der Waals surface area (Å²) in [6, 6.07) is 11.5. The molecule has 0 aliphatic heterocycles. The van der Waals surface area contributed by atoms with E-state index < -0.39 is 5.97 Å². The minimum atomic E-state index is -1.11. The number of carboxylic acids is 1. The zero-order valence-corrected chi connectivity index (χ0v) is 11.1. The highest BCUT2D eigenvalue weighted by Crippen LogP contribution is 2.26. The number of carbonyl (C=O) groups is 1. The molecule has 7 heteroatoms. The lowest BCUT2D eigenvalue weighted by atomic mass is 10.1. The number of benzene rings is 2. The van der Waals surface area contributed by atoms with E-state index >= 15 is 0 Å². The molecule has 0 saturated heterocycles. The van der Waals surface area contributed by atoms with Gasteiger partial charge in [0.1, 0.15) is 5.75 Å². The lowest BCUT2D eigenvalue weighted by Gasteiger charge is -2.10. The maximum atomic E-state index is 11.3. The molecule has 0 fully saturated rings. The lowest BCUT2D eigenvalue weighted by Crippen LogP contribution is -2.02. The standard InChI is InChI=1S/C14H12N4O3/c1-21-11-5-2-9(3-6-11)16-13-7-4-10(17-18-15)8-12(13)14(19)20/h2-8,16H,1H3,(H,19,20). The number of hydrogen-bond acceptors (Lipinski definition) is 4. The monoisotopic (exact) mass is 284 g/mol. The summed E-state index contributed by atoms with van der Waals surface area (Å²) in [5.41, 5.74) is 9.78. The fraction of sp³-hybridized carbons (Fsp3) is 0.0714. The van der Waals surface area contributed by atoms with Crippen molar-refractivity contribution in [3.05, 3.63) is 58.5 Å². The average Bonchev–Trinajstić information content (AvgIpc) is 2.49. The molecule has 2 aromatic rings. The summed E-state index contributed by atoms with van der Waals surface area (Å²) in [6.07, 6.45) is 0. The Labute approximate surface area is 120 Å². The Bertz CT molecular complexity index is 707. The van der Waals surface area contributed by atoms with Crippen LogP contribution in [0.3, 0.4) is 0 Å². The smallest absolute Gasteiger partial charge is 0.337 e. The van der Waals surface area contributed by atoms with Crippen molar-refractivity contribution in [2.24, 2.45) is 5.11 Å². The van der Waals surface area contributed by atoms with Crippen molar-refractivity contribution < 1.29 is 14.6 Å². The topological polar surface area (TPSA) is 107 Å². The van der Waals surface area contributed by atoms with Crippen LogP contribution in [-0.4, -0.2) is 18.2 Å². The van der Waals surface area contributed by atoms with Crippen LogP contribution >= 0.6 is 0 Å². The number of ether oxygens (including phenoxy) is 1. The van der Waals surface area contributed by atoms with Crippen molar-refractivity contribution >= 4 is 23.0 Å². The van der Waals surface area contributed by atoms with Crippen LogP contribution in [0.5, 0.6) is 5.75 Å². The predicted octanol–water partition coefficient (Wildman–Crippen LogP) is 4.08. The Balaban J connectivity index is 2.33. The Morgan fingerprint density at radius 2 is 2.00 bits per heavy atom. The molecule has 0 unspecified atom stereocenters. The van der Waals surface area contributed by atoms with Crippen LogP contribution in [0.15, 0.2) is 47.6 Å². The molecule has 0 bridgehead atoms. The second-order valence-corrected chi connectivity index (χ2v) is 4.08. The second kappa shape index (κ2) is 6.31. The third-order valence-corrected chi connectivity index (χ3v) is 2.76. The minimum Gasteiger partial charge on any atom is -0.497 e. The summed E-state index contributed by atoms with van der Waals surface area (Å²) in [5, 5.41) is 15.6. The van der Waals surface area contributed by atoms with Gasteiger partial charge in [0, 0.05) is 16.3 Å². The number of aromatic carboxylic acids is 1. The van der Waals surface area contributed by atoms with E-state index in [0.717, 1.165) is 5.69 Å². The van der Waals surface area contributed by atoms with Gasteiger partial charge in [-0.3, -0.25) is 0 Å². The lowest BCUT2D eigenvalue weighted by molar-refractivity contribution is 0.0698. The summed E-state index contributed by atoms with van der Waals surface area (Å²) in [7, 11) is 1.57. The van der Waals surface area contributed by atoms with Gasteiger partial charge in [0.15, 0.2) is 0 Å². The maximum Gasteiger partial charge on any atom is 0.337 e. The predicted molar refractivity (Wildman–Crippen MR) is 78.5 cm³/mol. The molecule has 0 spiro atoms. The fourth-order valence-electron chi connectivity index (χ4n) is 1.76. The summed E-state index contributed by atoms with van der Waals surface area (Å²) in [4.78, 5) is 13.9. The van der Waals surface area contributed by atoms with Crippen molar-refractivity contribution in [2.45, 2.75) is 0 Å². The van der Waals surface area contributed by atoms with Crippen LogP contribution in [-0.2, 0) is 0 Å². The first-order chi connectivity index (χ1) is 10.1. The Kier molecular flexibility index (Phi) is 4.28. The number of anilines is 2. The molecule has 0 heterocycles. The third-order valence-electron chi connectivity index (χ3n) is 2.76. The van der Waals surface area contributed by atoms with E-state index in [9.17, 15) is 9.90 Å². The molecule has 2 aromatic carbocycles. The van der Waals surface area contributed by atoms with Crippen LogP contribution in [0.25, 0.3) is 10.4 Å². The third kappa shape index (κ3) is 3.43. The number of azide groups is 1. The SMILES string of the molecule is COc1ccc(Nc2ccc(N=[N+]=[N-])cc2C(=O)O)cc1. The van der Waals surface area contributed by atoms with Gasteiger partial charge >= 0.3 is 5.97 Å². The number of rotatable bonds is 5. The van der Waals surface area contributed by atoms with Crippen LogP contribution < -0.4 is 10.1 Å². The van der Waals surface area contributed by atoms with Crippen molar-refractivity contribution in [1.82, 2.24) is 0 Å². The molecular formula is C14H12N4O3. The number of methoxy groups -OCH3 is 1. The van der Waals surface area contributed by atoms with E-state index in [-0.39, 0.29) is 11.3 Å². The number of nitrogens with zero attached hydrogens (tertiary/aromatic N) is 3. The van der Waals surface area contributed by atoms with Gasteiger partial charge < -0.3 is 15.2 Å². The molecule has 0 aliphatic carbocycles. The first kappa shape index (κ1) is 14.2. The highest BCUT2D eigenvalue weighted by atomic mass is 16.5. The first-order valence-electron chi connectivity index (χ1n) is 5.97. The fourth-order valence-corrected chi connectivity index (χ4v) is 1.76. The second-order valence-electron chi connectivity index (χ2n) is 4.08. The van der Waals surface area contributed by atoms with E-state index in [1.165, 1.54) is 12.1 Å². The normalized spacial score (nSPS) is 9.57.